The average molecular weight is 425 g/mol. The summed E-state index contributed by atoms with van der Waals surface area (Å²) in [5.41, 5.74) is 4.41. The Morgan fingerprint density at radius 2 is 1.97 bits per heavy atom. The maximum atomic E-state index is 12.8. The number of benzene rings is 3. The number of carbonyl (C=O) groups is 1. The summed E-state index contributed by atoms with van der Waals surface area (Å²) in [6.45, 7) is 1.39. The number of rotatable bonds is 4. The minimum absolute atomic E-state index is 0.0153. The molecular formula is C28H28N2O2. The van der Waals surface area contributed by atoms with Crippen molar-refractivity contribution in [3.05, 3.63) is 89.5 Å². The molecule has 2 N–H and O–H groups in total. The van der Waals surface area contributed by atoms with Crippen molar-refractivity contribution in [3.8, 4) is 0 Å². The van der Waals surface area contributed by atoms with Gasteiger partial charge in [0.2, 0.25) is 0 Å². The van der Waals surface area contributed by atoms with E-state index >= 15 is 0 Å². The highest BCUT2D eigenvalue weighted by Gasteiger charge is 2.38. The molecule has 32 heavy (non-hydrogen) atoms. The third-order valence-corrected chi connectivity index (χ3v) is 7.27. The fourth-order valence-corrected chi connectivity index (χ4v) is 5.58. The molecule has 1 aliphatic carbocycles. The van der Waals surface area contributed by atoms with Crippen molar-refractivity contribution in [2.45, 2.75) is 37.3 Å². The molecule has 0 bridgehead atoms. The first-order valence-electron chi connectivity index (χ1n) is 11.7. The van der Waals surface area contributed by atoms with Gasteiger partial charge in [0.1, 0.15) is 0 Å². The number of ether oxygens (including phenoxy) is 1. The van der Waals surface area contributed by atoms with Gasteiger partial charge in [-0.1, -0.05) is 48.6 Å². The van der Waals surface area contributed by atoms with Gasteiger partial charge < -0.3 is 15.4 Å². The topological polar surface area (TPSA) is 50.4 Å². The van der Waals surface area contributed by atoms with Gasteiger partial charge in [-0.25, -0.2) is 0 Å². The Labute approximate surface area is 188 Å². The zero-order chi connectivity index (χ0) is 21.5. The summed E-state index contributed by atoms with van der Waals surface area (Å²) >= 11 is 0. The summed E-state index contributed by atoms with van der Waals surface area (Å²) in [4.78, 5) is 12.8. The monoisotopic (exact) mass is 424 g/mol. The van der Waals surface area contributed by atoms with Crippen molar-refractivity contribution in [1.82, 2.24) is 5.32 Å². The number of carbonyl (C=O) groups excluding carboxylic acids is 1. The van der Waals surface area contributed by atoms with Crippen LogP contribution in [0.3, 0.4) is 0 Å². The molecule has 1 amide bonds. The lowest BCUT2D eigenvalue weighted by atomic mass is 9.76. The summed E-state index contributed by atoms with van der Waals surface area (Å²) in [7, 11) is 0. The Hall–Kier alpha value is -3.11. The van der Waals surface area contributed by atoms with Gasteiger partial charge in [0.25, 0.3) is 5.91 Å². The highest BCUT2D eigenvalue weighted by Crippen LogP contribution is 2.50. The predicted octanol–water partition coefficient (Wildman–Crippen LogP) is 5.58. The molecule has 6 rings (SSSR count). The molecule has 1 saturated heterocycles. The summed E-state index contributed by atoms with van der Waals surface area (Å²) in [5, 5.41) is 9.40. The van der Waals surface area contributed by atoms with Crippen LogP contribution in [0.25, 0.3) is 10.8 Å². The molecule has 4 atom stereocenters. The molecule has 162 valence electrons. The molecule has 1 fully saturated rings. The van der Waals surface area contributed by atoms with Crippen LogP contribution >= 0.6 is 0 Å². The van der Waals surface area contributed by atoms with E-state index < -0.39 is 0 Å². The van der Waals surface area contributed by atoms with Crippen LogP contribution in [0.15, 0.2) is 72.8 Å². The highest BCUT2D eigenvalue weighted by atomic mass is 16.5. The normalized spacial score (nSPS) is 25.9. The van der Waals surface area contributed by atoms with Crippen LogP contribution in [-0.4, -0.2) is 25.2 Å². The Morgan fingerprint density at radius 3 is 2.84 bits per heavy atom. The number of anilines is 1. The molecule has 3 aliphatic rings. The lowest BCUT2D eigenvalue weighted by Crippen LogP contribution is -2.32. The number of nitrogens with one attached hydrogen (secondary N) is 2. The highest BCUT2D eigenvalue weighted by molar-refractivity contribution is 5.95. The van der Waals surface area contributed by atoms with E-state index in [1.807, 2.05) is 6.07 Å². The van der Waals surface area contributed by atoms with Crippen molar-refractivity contribution in [3.63, 3.8) is 0 Å². The number of hydrogen-bond acceptors (Lipinski definition) is 3. The van der Waals surface area contributed by atoms with E-state index in [0.29, 0.717) is 18.4 Å². The number of hydrogen-bond donors (Lipinski definition) is 2. The molecule has 3 aromatic rings. The summed E-state index contributed by atoms with van der Waals surface area (Å²) in [5.74, 6) is 0.765. The van der Waals surface area contributed by atoms with E-state index in [1.54, 1.807) is 0 Å². The Balaban J connectivity index is 1.27. The van der Waals surface area contributed by atoms with Crippen LogP contribution in [0.4, 0.5) is 5.69 Å². The molecule has 0 radical (unpaired) electrons. The van der Waals surface area contributed by atoms with Gasteiger partial charge in [-0.15, -0.1) is 0 Å². The Morgan fingerprint density at radius 1 is 1.06 bits per heavy atom. The summed E-state index contributed by atoms with van der Waals surface area (Å²) in [6, 6.07) is 21.7. The fourth-order valence-electron chi connectivity index (χ4n) is 5.58. The van der Waals surface area contributed by atoms with Crippen molar-refractivity contribution in [2.24, 2.45) is 5.92 Å². The van der Waals surface area contributed by atoms with Gasteiger partial charge in [0.05, 0.1) is 12.1 Å². The fraction of sp³-hybridized carbons (Fsp3) is 0.321. The number of fused-ring (bicyclic) bond motifs is 4. The van der Waals surface area contributed by atoms with Gasteiger partial charge in [0.15, 0.2) is 0 Å². The van der Waals surface area contributed by atoms with E-state index in [0.717, 1.165) is 37.1 Å². The SMILES string of the molecule is O=C(NCC1CCCO1)c1ccc2c(c1)C1C=CCC1C(c1ccc3ccccc3c1)N2. The van der Waals surface area contributed by atoms with Crippen LogP contribution in [0, 0.1) is 5.92 Å². The lowest BCUT2D eigenvalue weighted by Gasteiger charge is -2.38. The van der Waals surface area contributed by atoms with E-state index in [2.05, 4.69) is 77.4 Å². The van der Waals surface area contributed by atoms with Gasteiger partial charge >= 0.3 is 0 Å². The zero-order valence-electron chi connectivity index (χ0n) is 18.1. The maximum Gasteiger partial charge on any atom is 0.251 e. The van der Waals surface area contributed by atoms with E-state index in [-0.39, 0.29) is 18.1 Å². The smallest absolute Gasteiger partial charge is 0.251 e. The molecule has 2 aliphatic heterocycles. The molecule has 0 spiro atoms. The van der Waals surface area contributed by atoms with E-state index in [4.69, 9.17) is 4.74 Å². The van der Waals surface area contributed by atoms with Crippen LogP contribution in [-0.2, 0) is 4.74 Å². The molecule has 4 unspecified atom stereocenters. The van der Waals surface area contributed by atoms with Crippen LogP contribution in [0.5, 0.6) is 0 Å². The first-order valence-corrected chi connectivity index (χ1v) is 11.7. The minimum atomic E-state index is -0.0153. The van der Waals surface area contributed by atoms with Gasteiger partial charge in [-0.2, -0.15) is 0 Å². The maximum absolute atomic E-state index is 12.8. The Kier molecular flexibility index (Phi) is 4.95. The standard InChI is InChI=1S/C28H28N2O2/c31-28(29-17-22-7-4-14-32-22)21-12-13-26-25(16-21)23-8-3-9-24(23)27(30-26)20-11-10-18-5-1-2-6-19(18)15-20/h1-3,5-6,8,10-13,15-16,22-24,27,30H,4,7,9,14,17H2,(H,29,31). The predicted molar refractivity (Wildman–Crippen MR) is 128 cm³/mol. The van der Waals surface area contributed by atoms with Crippen molar-refractivity contribution >= 4 is 22.4 Å². The van der Waals surface area contributed by atoms with Crippen molar-refractivity contribution in [1.29, 1.82) is 0 Å². The molecule has 0 saturated carbocycles. The Bertz CT molecular complexity index is 1200. The molecule has 4 heteroatoms. The van der Waals surface area contributed by atoms with Crippen molar-refractivity contribution < 1.29 is 9.53 Å². The van der Waals surface area contributed by atoms with Crippen molar-refractivity contribution in [2.75, 3.05) is 18.5 Å². The van der Waals surface area contributed by atoms with Gasteiger partial charge in [0, 0.05) is 30.3 Å². The quantitative estimate of drug-likeness (QED) is 0.538. The minimum Gasteiger partial charge on any atom is -0.378 e. The second-order valence-corrected chi connectivity index (χ2v) is 9.23. The number of allylic oxidation sites excluding steroid dienone is 2. The third kappa shape index (κ3) is 3.49. The molecule has 3 aromatic carbocycles. The zero-order valence-corrected chi connectivity index (χ0v) is 18.1. The molecule has 4 nitrogen and oxygen atoms in total. The van der Waals surface area contributed by atoms with Crippen LogP contribution in [0.2, 0.25) is 0 Å². The van der Waals surface area contributed by atoms with Gasteiger partial charge in [-0.05, 0) is 71.3 Å². The first kappa shape index (κ1) is 19.6. The second kappa shape index (κ2) is 8.10. The molecular weight excluding hydrogens is 396 g/mol. The van der Waals surface area contributed by atoms with E-state index in [9.17, 15) is 4.79 Å². The molecule has 2 heterocycles. The third-order valence-electron chi connectivity index (χ3n) is 7.27. The number of amides is 1. The first-order chi connectivity index (χ1) is 15.8. The van der Waals surface area contributed by atoms with E-state index in [1.165, 1.54) is 21.9 Å². The molecule has 0 aromatic heterocycles. The average Bonchev–Trinajstić information content (AvgIpc) is 3.54. The van der Waals surface area contributed by atoms with Crippen LogP contribution in [0.1, 0.15) is 52.7 Å². The summed E-state index contributed by atoms with van der Waals surface area (Å²) < 4.78 is 5.63. The largest absolute Gasteiger partial charge is 0.378 e. The lowest BCUT2D eigenvalue weighted by molar-refractivity contribution is 0.0857. The van der Waals surface area contributed by atoms with Crippen LogP contribution < -0.4 is 10.6 Å². The van der Waals surface area contributed by atoms with Gasteiger partial charge in [-0.3, -0.25) is 4.79 Å². The second-order valence-electron chi connectivity index (χ2n) is 9.23. The summed E-state index contributed by atoms with van der Waals surface area (Å²) in [6.07, 6.45) is 7.93.